The topological polar surface area (TPSA) is 110 Å². The Morgan fingerprint density at radius 1 is 0.930 bits per heavy atom. The molecule has 43 heavy (non-hydrogen) atoms. The fourth-order valence-electron chi connectivity index (χ4n) is 5.20. The number of amides is 2. The summed E-state index contributed by atoms with van der Waals surface area (Å²) in [7, 11) is 1.54. The number of benzene rings is 3. The van der Waals surface area contributed by atoms with E-state index in [0.29, 0.717) is 29.8 Å². The Kier molecular flexibility index (Phi) is 9.97. The van der Waals surface area contributed by atoms with E-state index in [1.807, 2.05) is 6.07 Å². The van der Waals surface area contributed by atoms with Gasteiger partial charge in [-0.25, -0.2) is 4.79 Å². The molecule has 11 heteroatoms. The van der Waals surface area contributed by atoms with E-state index in [2.05, 4.69) is 4.74 Å². The van der Waals surface area contributed by atoms with E-state index in [9.17, 15) is 32.3 Å². The van der Waals surface area contributed by atoms with E-state index in [1.165, 1.54) is 9.80 Å². The molecule has 2 unspecified atom stereocenters. The van der Waals surface area contributed by atoms with E-state index >= 15 is 0 Å². The van der Waals surface area contributed by atoms with Gasteiger partial charge < -0.3 is 20.3 Å². The summed E-state index contributed by atoms with van der Waals surface area (Å²) in [6, 6.07) is 19.3. The number of anilines is 1. The number of likely N-dealkylation sites (N-methyl/N-ethyl adjacent to an activating group) is 1. The van der Waals surface area contributed by atoms with Crippen molar-refractivity contribution in [3.05, 3.63) is 101 Å². The smallest absolute Gasteiger partial charge is 0.386 e. The molecule has 0 bridgehead atoms. The van der Waals surface area contributed by atoms with Gasteiger partial charge in [-0.2, -0.15) is 13.2 Å². The third-order valence-corrected chi connectivity index (χ3v) is 7.33. The maximum atomic E-state index is 14.5. The predicted octanol–water partition coefficient (Wildman–Crippen LogP) is 5.28. The molecule has 1 aliphatic rings. The van der Waals surface area contributed by atoms with E-state index in [-0.39, 0.29) is 5.56 Å². The number of hydrogen-bond acceptors (Lipinski definition) is 6. The third-order valence-electron chi connectivity index (χ3n) is 7.33. The number of ether oxygens (including phenoxy) is 1. The minimum absolute atomic E-state index is 0.200. The highest BCUT2D eigenvalue weighted by Gasteiger charge is 2.46. The molecule has 4 rings (SSSR count). The monoisotopic (exact) mass is 595 g/mol. The van der Waals surface area contributed by atoms with Crippen LogP contribution in [-0.4, -0.2) is 48.4 Å². The molecule has 3 aromatic rings. The van der Waals surface area contributed by atoms with Crippen molar-refractivity contribution in [2.24, 2.45) is 5.73 Å². The van der Waals surface area contributed by atoms with Gasteiger partial charge in [0.15, 0.2) is 0 Å². The minimum atomic E-state index is -5.39. The van der Waals surface area contributed by atoms with Crippen LogP contribution in [0.15, 0.2) is 78.9 Å². The van der Waals surface area contributed by atoms with Crippen molar-refractivity contribution in [1.82, 2.24) is 4.90 Å². The first kappa shape index (κ1) is 31.4. The number of unbranched alkanes of at least 4 members (excludes halogenated alkanes) is 2. The fraction of sp³-hybridized carbons (Fsp3) is 0.312. The number of rotatable bonds is 10. The van der Waals surface area contributed by atoms with Crippen LogP contribution < -0.4 is 10.6 Å². The van der Waals surface area contributed by atoms with E-state index in [1.54, 1.807) is 79.8 Å². The largest absolute Gasteiger partial charge is 0.491 e. The number of esters is 2. The molecule has 0 saturated heterocycles. The predicted molar refractivity (Wildman–Crippen MR) is 153 cm³/mol. The van der Waals surface area contributed by atoms with Crippen molar-refractivity contribution in [3.63, 3.8) is 0 Å². The lowest BCUT2D eigenvalue weighted by molar-refractivity contribution is -0.202. The number of hydrogen-bond donors (Lipinski definition) is 1. The highest BCUT2D eigenvalue weighted by atomic mass is 19.4. The molecule has 226 valence electrons. The summed E-state index contributed by atoms with van der Waals surface area (Å²) in [6.07, 6.45) is -2.95. The summed E-state index contributed by atoms with van der Waals surface area (Å²) in [5.41, 5.74) is 7.81. The molecule has 2 amide bonds. The number of nitrogens with two attached hydrogens (primary N) is 1. The van der Waals surface area contributed by atoms with Crippen molar-refractivity contribution in [1.29, 1.82) is 0 Å². The average Bonchev–Trinajstić information content (AvgIpc) is 3.07. The number of carbonyl (C=O) groups excluding carboxylic acids is 4. The van der Waals surface area contributed by atoms with Crippen molar-refractivity contribution in [2.75, 3.05) is 18.5 Å². The summed E-state index contributed by atoms with van der Waals surface area (Å²) < 4.78 is 42.8. The SMILES string of the molecule is CN1C(=O)C(c2ccccc2)N(C(CC(=O)OC(=O)C(F)(F)F)c2ccccc2)C(=O)c2cc(CCCCCN)ccc21. The average molecular weight is 596 g/mol. The number of fused-ring (bicyclic) bond motifs is 1. The molecule has 0 aliphatic carbocycles. The van der Waals surface area contributed by atoms with Gasteiger partial charge in [-0.05, 0) is 54.6 Å². The Balaban J connectivity index is 1.85. The van der Waals surface area contributed by atoms with E-state index in [0.717, 1.165) is 24.8 Å². The van der Waals surface area contributed by atoms with Crippen LogP contribution in [-0.2, 0) is 25.5 Å². The second-order valence-corrected chi connectivity index (χ2v) is 10.3. The molecule has 0 spiro atoms. The van der Waals surface area contributed by atoms with Crippen LogP contribution >= 0.6 is 0 Å². The summed E-state index contributed by atoms with van der Waals surface area (Å²) in [6.45, 7) is 0.573. The number of carbonyl (C=O) groups is 4. The van der Waals surface area contributed by atoms with Crippen molar-refractivity contribution < 1.29 is 37.1 Å². The first-order valence-electron chi connectivity index (χ1n) is 13.9. The minimum Gasteiger partial charge on any atom is -0.386 e. The highest BCUT2D eigenvalue weighted by Crippen LogP contribution is 2.41. The van der Waals surface area contributed by atoms with Gasteiger partial charge in [0.25, 0.3) is 11.8 Å². The Bertz CT molecular complexity index is 1460. The molecule has 0 aromatic heterocycles. The lowest BCUT2D eigenvalue weighted by atomic mass is 9.95. The second-order valence-electron chi connectivity index (χ2n) is 10.3. The number of alkyl halides is 3. The highest BCUT2D eigenvalue weighted by molar-refractivity contribution is 6.11. The summed E-state index contributed by atoms with van der Waals surface area (Å²) >= 11 is 0. The van der Waals surface area contributed by atoms with Gasteiger partial charge in [0.1, 0.15) is 6.04 Å². The molecule has 1 aliphatic heterocycles. The Morgan fingerprint density at radius 3 is 2.21 bits per heavy atom. The third kappa shape index (κ3) is 7.29. The van der Waals surface area contributed by atoms with E-state index < -0.39 is 48.4 Å². The normalized spacial score (nSPS) is 16.0. The molecule has 2 N–H and O–H groups in total. The zero-order valence-electron chi connectivity index (χ0n) is 23.5. The fourth-order valence-corrected chi connectivity index (χ4v) is 5.20. The first-order chi connectivity index (χ1) is 20.5. The van der Waals surface area contributed by atoms with Crippen LogP contribution in [0.25, 0.3) is 0 Å². The van der Waals surface area contributed by atoms with Crippen LogP contribution in [0.5, 0.6) is 0 Å². The van der Waals surface area contributed by atoms with Crippen molar-refractivity contribution in [3.8, 4) is 0 Å². The summed E-state index contributed by atoms with van der Waals surface area (Å²) in [5.74, 6) is -5.25. The Morgan fingerprint density at radius 2 is 1.58 bits per heavy atom. The number of aryl methyl sites for hydroxylation is 1. The van der Waals surface area contributed by atoms with Gasteiger partial charge in [-0.3, -0.25) is 14.4 Å². The molecule has 0 saturated carbocycles. The Hall–Kier alpha value is -4.51. The molecule has 0 fully saturated rings. The molecule has 1 heterocycles. The molecule has 2 atom stereocenters. The van der Waals surface area contributed by atoms with Gasteiger partial charge in [-0.15, -0.1) is 0 Å². The maximum Gasteiger partial charge on any atom is 0.491 e. The molecule has 3 aromatic carbocycles. The maximum absolute atomic E-state index is 14.5. The van der Waals surface area contributed by atoms with Crippen molar-refractivity contribution in [2.45, 2.75) is 50.4 Å². The lowest BCUT2D eigenvalue weighted by Gasteiger charge is -2.36. The zero-order valence-corrected chi connectivity index (χ0v) is 23.5. The van der Waals surface area contributed by atoms with Gasteiger partial charge in [0.05, 0.1) is 23.7 Å². The molecular weight excluding hydrogens is 563 g/mol. The zero-order chi connectivity index (χ0) is 31.1. The number of halogens is 3. The van der Waals surface area contributed by atoms with Crippen molar-refractivity contribution >= 4 is 29.4 Å². The van der Waals surface area contributed by atoms with Crippen LogP contribution in [0.3, 0.4) is 0 Å². The van der Waals surface area contributed by atoms with Crippen LogP contribution in [0.1, 0.15) is 64.8 Å². The van der Waals surface area contributed by atoms with Gasteiger partial charge in [-0.1, -0.05) is 73.2 Å². The molecule has 0 radical (unpaired) electrons. The lowest BCUT2D eigenvalue weighted by Crippen LogP contribution is -2.44. The van der Waals surface area contributed by atoms with Gasteiger partial charge >= 0.3 is 18.1 Å². The van der Waals surface area contributed by atoms with Crippen LogP contribution in [0, 0.1) is 0 Å². The second kappa shape index (κ2) is 13.6. The van der Waals surface area contributed by atoms with Crippen LogP contribution in [0.2, 0.25) is 0 Å². The first-order valence-corrected chi connectivity index (χ1v) is 13.9. The van der Waals surface area contributed by atoms with Gasteiger partial charge in [0.2, 0.25) is 0 Å². The summed E-state index contributed by atoms with van der Waals surface area (Å²) in [5, 5.41) is 0. The quantitative estimate of drug-likeness (QED) is 0.194. The standard InChI is InChI=1S/C32H32F3N3O5/c1-37-25-17-16-21(11-5-4-10-18-36)19-24(25)29(40)38(28(30(37)41)23-14-8-3-9-15-23)26(22-12-6-2-7-13-22)20-27(39)43-31(42)32(33,34)35/h2-3,6-9,12-17,19,26,28H,4-5,10-11,18,20,36H2,1H3. The van der Waals surface area contributed by atoms with Crippen LogP contribution in [0.4, 0.5) is 18.9 Å². The molecule has 8 nitrogen and oxygen atoms in total. The molecular formula is C32H32F3N3O5. The Labute approximate surface area is 247 Å². The summed E-state index contributed by atoms with van der Waals surface area (Å²) in [4.78, 5) is 55.5. The van der Waals surface area contributed by atoms with Gasteiger partial charge in [0, 0.05) is 7.05 Å². The van der Waals surface area contributed by atoms with E-state index in [4.69, 9.17) is 5.73 Å². The number of nitrogens with zero attached hydrogens (tertiary/aromatic N) is 2.